The number of nitrogens with zero attached hydrogens (tertiary/aromatic N) is 1. The Balaban J connectivity index is 1.40. The zero-order valence-corrected chi connectivity index (χ0v) is 12.8. The van der Waals surface area contributed by atoms with E-state index in [1.807, 2.05) is 0 Å². The lowest BCUT2D eigenvalue weighted by Gasteiger charge is -2.43. The molecule has 1 atom stereocenters. The third kappa shape index (κ3) is 2.74. The molecule has 0 N–H and O–H groups in total. The summed E-state index contributed by atoms with van der Waals surface area (Å²) in [5.41, 5.74) is 2.47. The lowest BCUT2D eigenvalue weighted by atomic mass is 9.69. The molecule has 4 aliphatic rings. The second-order valence-corrected chi connectivity index (χ2v) is 7.90. The molecule has 0 aromatic carbocycles. The van der Waals surface area contributed by atoms with Crippen molar-refractivity contribution in [3.63, 3.8) is 0 Å². The fourth-order valence-electron chi connectivity index (χ4n) is 4.85. The van der Waals surface area contributed by atoms with Gasteiger partial charge in [0.05, 0.1) is 0 Å². The minimum Gasteiger partial charge on any atom is -0.303 e. The Morgan fingerprint density at radius 1 is 1.15 bits per heavy atom. The molecular formula is C19H29N. The number of hydrogen-bond acceptors (Lipinski definition) is 1. The van der Waals surface area contributed by atoms with Gasteiger partial charge >= 0.3 is 0 Å². The van der Waals surface area contributed by atoms with E-state index in [0.29, 0.717) is 5.41 Å². The number of fused-ring (bicyclic) bond motifs is 1. The summed E-state index contributed by atoms with van der Waals surface area (Å²) in [5.74, 6) is 1.95. The molecule has 1 unspecified atom stereocenters. The van der Waals surface area contributed by atoms with Crippen molar-refractivity contribution in [2.75, 3.05) is 19.6 Å². The molecule has 3 aliphatic carbocycles. The van der Waals surface area contributed by atoms with E-state index >= 15 is 0 Å². The molecule has 0 aromatic rings. The molecule has 1 heterocycles. The highest BCUT2D eigenvalue weighted by molar-refractivity contribution is 5.22. The topological polar surface area (TPSA) is 3.24 Å². The van der Waals surface area contributed by atoms with Crippen LogP contribution in [0.1, 0.15) is 57.8 Å². The molecule has 1 heteroatoms. The lowest BCUT2D eigenvalue weighted by Crippen LogP contribution is -2.41. The number of hydrogen-bond donors (Lipinski definition) is 0. The molecule has 0 radical (unpaired) electrons. The Bertz CT molecular complexity index is 407. The van der Waals surface area contributed by atoms with Gasteiger partial charge in [0.1, 0.15) is 0 Å². The number of rotatable bonds is 2. The largest absolute Gasteiger partial charge is 0.303 e. The van der Waals surface area contributed by atoms with E-state index in [4.69, 9.17) is 0 Å². The maximum absolute atomic E-state index is 2.77. The molecule has 1 saturated heterocycles. The summed E-state index contributed by atoms with van der Waals surface area (Å²) in [6, 6.07) is 0. The van der Waals surface area contributed by atoms with E-state index in [-0.39, 0.29) is 0 Å². The summed E-state index contributed by atoms with van der Waals surface area (Å²) >= 11 is 0. The van der Waals surface area contributed by atoms with Crippen LogP contribution in [0, 0.1) is 17.3 Å². The zero-order chi connectivity index (χ0) is 13.4. The van der Waals surface area contributed by atoms with Crippen molar-refractivity contribution in [1.82, 2.24) is 4.90 Å². The first-order valence-corrected chi connectivity index (χ1v) is 8.91. The van der Waals surface area contributed by atoms with Crippen LogP contribution in [0.5, 0.6) is 0 Å². The SMILES string of the molecule is C1=CCC2CC3(CCCC2=C1)CCN(CC1CC1)CC3. The van der Waals surface area contributed by atoms with Gasteiger partial charge in [0.2, 0.25) is 0 Å². The summed E-state index contributed by atoms with van der Waals surface area (Å²) < 4.78 is 0. The fourth-order valence-corrected chi connectivity index (χ4v) is 4.85. The first-order chi connectivity index (χ1) is 9.83. The summed E-state index contributed by atoms with van der Waals surface area (Å²) in [6.07, 6.45) is 20.2. The molecule has 2 saturated carbocycles. The zero-order valence-electron chi connectivity index (χ0n) is 12.8. The van der Waals surface area contributed by atoms with Crippen molar-refractivity contribution < 1.29 is 0 Å². The van der Waals surface area contributed by atoms with Crippen LogP contribution in [0.25, 0.3) is 0 Å². The van der Waals surface area contributed by atoms with Gasteiger partial charge in [-0.05, 0) is 88.1 Å². The minimum absolute atomic E-state index is 0.700. The van der Waals surface area contributed by atoms with E-state index in [1.54, 1.807) is 5.57 Å². The molecule has 0 aromatic heterocycles. The maximum Gasteiger partial charge on any atom is 0.000967 e. The predicted octanol–water partition coefficient (Wildman–Crippen LogP) is 4.56. The second-order valence-electron chi connectivity index (χ2n) is 7.90. The molecule has 0 amide bonds. The Kier molecular flexibility index (Phi) is 3.50. The molecule has 3 fully saturated rings. The molecule has 0 bridgehead atoms. The quantitative estimate of drug-likeness (QED) is 0.712. The van der Waals surface area contributed by atoms with Crippen LogP contribution in [0.3, 0.4) is 0 Å². The monoisotopic (exact) mass is 271 g/mol. The van der Waals surface area contributed by atoms with E-state index in [1.165, 1.54) is 77.4 Å². The van der Waals surface area contributed by atoms with Crippen LogP contribution in [-0.4, -0.2) is 24.5 Å². The molecule has 1 nitrogen and oxygen atoms in total. The first-order valence-electron chi connectivity index (χ1n) is 8.91. The highest BCUT2D eigenvalue weighted by atomic mass is 15.1. The third-order valence-electron chi connectivity index (χ3n) is 6.37. The number of piperidine rings is 1. The molecule has 20 heavy (non-hydrogen) atoms. The maximum atomic E-state index is 2.77. The van der Waals surface area contributed by atoms with Gasteiger partial charge in [-0.1, -0.05) is 23.8 Å². The van der Waals surface area contributed by atoms with Crippen LogP contribution in [0.4, 0.5) is 0 Å². The van der Waals surface area contributed by atoms with E-state index in [9.17, 15) is 0 Å². The molecule has 110 valence electrons. The highest BCUT2D eigenvalue weighted by Gasteiger charge is 2.39. The van der Waals surface area contributed by atoms with Crippen LogP contribution in [0.2, 0.25) is 0 Å². The van der Waals surface area contributed by atoms with Crippen molar-refractivity contribution in [2.45, 2.75) is 57.8 Å². The number of allylic oxidation sites excluding steroid dienone is 4. The molecular weight excluding hydrogens is 242 g/mol. The van der Waals surface area contributed by atoms with Crippen molar-refractivity contribution >= 4 is 0 Å². The Morgan fingerprint density at radius 2 is 2.00 bits per heavy atom. The fraction of sp³-hybridized carbons (Fsp3) is 0.789. The standard InChI is InChI=1S/C19H29N/c1-2-5-18-14-19(9-3-6-17(18)4-1)10-12-20(13-11-19)15-16-7-8-16/h1-2,4,16,18H,3,5-15H2. The average molecular weight is 271 g/mol. The summed E-state index contributed by atoms with van der Waals surface area (Å²) in [5, 5.41) is 0. The van der Waals surface area contributed by atoms with Crippen LogP contribution in [0.15, 0.2) is 23.8 Å². The van der Waals surface area contributed by atoms with Gasteiger partial charge < -0.3 is 4.90 Å². The normalized spacial score (nSPS) is 33.6. The summed E-state index contributed by atoms with van der Waals surface area (Å²) in [6.45, 7) is 4.18. The van der Waals surface area contributed by atoms with Crippen molar-refractivity contribution in [3.05, 3.63) is 23.8 Å². The Hall–Kier alpha value is -0.560. The molecule has 1 spiro atoms. The third-order valence-corrected chi connectivity index (χ3v) is 6.37. The van der Waals surface area contributed by atoms with Crippen LogP contribution >= 0.6 is 0 Å². The minimum atomic E-state index is 0.700. The Morgan fingerprint density at radius 3 is 2.80 bits per heavy atom. The summed E-state index contributed by atoms with van der Waals surface area (Å²) in [4.78, 5) is 2.77. The van der Waals surface area contributed by atoms with Crippen LogP contribution in [-0.2, 0) is 0 Å². The first kappa shape index (κ1) is 13.1. The van der Waals surface area contributed by atoms with Gasteiger partial charge in [0.15, 0.2) is 0 Å². The predicted molar refractivity (Wildman–Crippen MR) is 84.6 cm³/mol. The van der Waals surface area contributed by atoms with Crippen molar-refractivity contribution in [3.8, 4) is 0 Å². The van der Waals surface area contributed by atoms with Crippen LogP contribution < -0.4 is 0 Å². The smallest absolute Gasteiger partial charge is 0.000967 e. The van der Waals surface area contributed by atoms with E-state index < -0.39 is 0 Å². The average Bonchev–Trinajstić information content (AvgIpc) is 3.28. The second kappa shape index (κ2) is 5.33. The van der Waals surface area contributed by atoms with Gasteiger partial charge in [-0.3, -0.25) is 0 Å². The molecule has 1 aliphatic heterocycles. The van der Waals surface area contributed by atoms with Crippen molar-refractivity contribution in [1.29, 1.82) is 0 Å². The van der Waals surface area contributed by atoms with E-state index in [2.05, 4.69) is 23.1 Å². The van der Waals surface area contributed by atoms with E-state index in [0.717, 1.165) is 11.8 Å². The summed E-state index contributed by atoms with van der Waals surface area (Å²) in [7, 11) is 0. The van der Waals surface area contributed by atoms with Gasteiger partial charge in [-0.2, -0.15) is 0 Å². The van der Waals surface area contributed by atoms with Gasteiger partial charge in [0.25, 0.3) is 0 Å². The van der Waals surface area contributed by atoms with Gasteiger partial charge in [0, 0.05) is 6.54 Å². The Labute approximate surface area is 124 Å². The molecule has 4 rings (SSSR count). The van der Waals surface area contributed by atoms with Gasteiger partial charge in [-0.15, -0.1) is 0 Å². The number of likely N-dealkylation sites (tertiary alicyclic amines) is 1. The van der Waals surface area contributed by atoms with Gasteiger partial charge in [-0.25, -0.2) is 0 Å². The highest BCUT2D eigenvalue weighted by Crippen LogP contribution is 2.48. The lowest BCUT2D eigenvalue weighted by molar-refractivity contribution is 0.0768. The van der Waals surface area contributed by atoms with Crippen molar-refractivity contribution in [2.24, 2.45) is 17.3 Å².